The quantitative estimate of drug-likeness (QED) is 0.810. The number of likely N-dealkylation sites (N-methyl/N-ethyl adjacent to an activating group) is 1. The monoisotopic (exact) mass is 283 g/mol. The first-order valence-electron chi connectivity index (χ1n) is 8.05. The van der Waals surface area contributed by atoms with Crippen LogP contribution in [0.4, 0.5) is 0 Å². The fraction of sp³-hybridized carbons (Fsp3) is 0.938. The van der Waals surface area contributed by atoms with Gasteiger partial charge in [-0.1, -0.05) is 34.6 Å². The van der Waals surface area contributed by atoms with E-state index in [9.17, 15) is 4.79 Å². The van der Waals surface area contributed by atoms with Gasteiger partial charge in [-0.2, -0.15) is 0 Å². The third-order valence-corrected chi connectivity index (χ3v) is 4.30. The predicted molar refractivity (Wildman–Crippen MR) is 84.5 cm³/mol. The zero-order chi connectivity index (χ0) is 15.3. The van der Waals surface area contributed by atoms with Gasteiger partial charge in [0, 0.05) is 25.7 Å². The van der Waals surface area contributed by atoms with Gasteiger partial charge in [0.05, 0.1) is 5.92 Å². The second-order valence-corrected chi connectivity index (χ2v) is 7.15. The van der Waals surface area contributed by atoms with Gasteiger partial charge < -0.3 is 10.6 Å². The Morgan fingerprint density at radius 2 is 1.95 bits per heavy atom. The van der Waals surface area contributed by atoms with E-state index < -0.39 is 0 Å². The SMILES string of the molecule is CCN(CC)C1CCN(C(=O)C(CN)CC(C)(C)C)C1. The summed E-state index contributed by atoms with van der Waals surface area (Å²) in [5.74, 6) is 0.238. The van der Waals surface area contributed by atoms with Crippen LogP contribution in [0.5, 0.6) is 0 Å². The minimum atomic E-state index is -0.0227. The Morgan fingerprint density at radius 1 is 1.35 bits per heavy atom. The van der Waals surface area contributed by atoms with E-state index in [0.717, 1.165) is 39.0 Å². The molecule has 0 aromatic rings. The van der Waals surface area contributed by atoms with E-state index in [4.69, 9.17) is 5.73 Å². The van der Waals surface area contributed by atoms with Crippen LogP contribution >= 0.6 is 0 Å². The van der Waals surface area contributed by atoms with E-state index in [1.807, 2.05) is 4.90 Å². The maximum atomic E-state index is 12.6. The van der Waals surface area contributed by atoms with Gasteiger partial charge in [0.15, 0.2) is 0 Å². The standard InChI is InChI=1S/C16H33N3O/c1-6-18(7-2)14-8-9-19(12-14)15(20)13(11-17)10-16(3,4)5/h13-14H,6-12,17H2,1-5H3. The number of likely N-dealkylation sites (tertiary alicyclic amines) is 1. The molecule has 2 N–H and O–H groups in total. The van der Waals surface area contributed by atoms with Gasteiger partial charge in [0.25, 0.3) is 0 Å². The number of rotatable bonds is 6. The molecular weight excluding hydrogens is 250 g/mol. The molecule has 1 aliphatic rings. The molecule has 0 bridgehead atoms. The molecule has 0 aromatic heterocycles. The number of hydrogen-bond donors (Lipinski definition) is 1. The van der Waals surface area contributed by atoms with Crippen LogP contribution in [0.25, 0.3) is 0 Å². The lowest BCUT2D eigenvalue weighted by molar-refractivity contribution is -0.135. The Bertz CT molecular complexity index is 307. The summed E-state index contributed by atoms with van der Waals surface area (Å²) in [6.07, 6.45) is 1.97. The van der Waals surface area contributed by atoms with Crippen LogP contribution in [0.3, 0.4) is 0 Å². The van der Waals surface area contributed by atoms with Crippen molar-refractivity contribution in [2.75, 3.05) is 32.7 Å². The third kappa shape index (κ3) is 4.74. The van der Waals surface area contributed by atoms with Crippen molar-refractivity contribution in [3.63, 3.8) is 0 Å². The first-order valence-corrected chi connectivity index (χ1v) is 8.05. The van der Waals surface area contributed by atoms with Crippen molar-refractivity contribution in [1.29, 1.82) is 0 Å². The van der Waals surface area contributed by atoms with E-state index in [0.29, 0.717) is 12.6 Å². The highest BCUT2D eigenvalue weighted by Gasteiger charge is 2.33. The van der Waals surface area contributed by atoms with E-state index in [1.165, 1.54) is 0 Å². The molecule has 0 aliphatic carbocycles. The third-order valence-electron chi connectivity index (χ3n) is 4.30. The van der Waals surface area contributed by atoms with Crippen LogP contribution in [0.15, 0.2) is 0 Å². The molecule has 0 spiro atoms. The Labute approximate surface area is 124 Å². The van der Waals surface area contributed by atoms with Crippen molar-refractivity contribution < 1.29 is 4.79 Å². The van der Waals surface area contributed by atoms with Crippen molar-refractivity contribution >= 4 is 5.91 Å². The molecule has 4 heteroatoms. The van der Waals surface area contributed by atoms with Crippen LogP contribution in [-0.2, 0) is 4.79 Å². The van der Waals surface area contributed by atoms with Crippen LogP contribution in [0.1, 0.15) is 47.5 Å². The molecule has 0 aromatic carbocycles. The fourth-order valence-electron chi connectivity index (χ4n) is 3.25. The lowest BCUT2D eigenvalue weighted by Gasteiger charge is -2.29. The number of amides is 1. The number of carbonyl (C=O) groups excluding carboxylic acids is 1. The van der Waals surface area contributed by atoms with Crippen molar-refractivity contribution in [3.8, 4) is 0 Å². The molecule has 1 amide bonds. The molecular formula is C16H33N3O. The molecule has 1 aliphatic heterocycles. The zero-order valence-electron chi connectivity index (χ0n) is 14.0. The highest BCUT2D eigenvalue weighted by molar-refractivity contribution is 5.79. The molecule has 2 unspecified atom stereocenters. The van der Waals surface area contributed by atoms with Gasteiger partial charge in [0.1, 0.15) is 0 Å². The smallest absolute Gasteiger partial charge is 0.227 e. The summed E-state index contributed by atoms with van der Waals surface area (Å²) >= 11 is 0. The summed E-state index contributed by atoms with van der Waals surface area (Å²) in [7, 11) is 0. The Kier molecular flexibility index (Phi) is 6.46. The highest BCUT2D eigenvalue weighted by atomic mass is 16.2. The second kappa shape index (κ2) is 7.41. The maximum Gasteiger partial charge on any atom is 0.227 e. The predicted octanol–water partition coefficient (Wildman–Crippen LogP) is 1.94. The summed E-state index contributed by atoms with van der Waals surface area (Å²) in [5, 5.41) is 0. The normalized spacial score (nSPS) is 21.6. The first-order chi connectivity index (χ1) is 9.32. The van der Waals surface area contributed by atoms with Crippen LogP contribution in [0.2, 0.25) is 0 Å². The molecule has 4 nitrogen and oxygen atoms in total. The number of carbonyl (C=O) groups is 1. The van der Waals surface area contributed by atoms with E-state index >= 15 is 0 Å². The van der Waals surface area contributed by atoms with Crippen LogP contribution in [-0.4, -0.2) is 54.5 Å². The van der Waals surface area contributed by atoms with Gasteiger partial charge in [0.2, 0.25) is 5.91 Å². The summed E-state index contributed by atoms with van der Waals surface area (Å²) in [6.45, 7) is 15.2. The fourth-order valence-corrected chi connectivity index (χ4v) is 3.25. The molecule has 0 saturated carbocycles. The van der Waals surface area contributed by atoms with E-state index in [2.05, 4.69) is 39.5 Å². The minimum absolute atomic E-state index is 0.0227. The van der Waals surface area contributed by atoms with E-state index in [1.54, 1.807) is 0 Å². The summed E-state index contributed by atoms with van der Waals surface area (Å²) in [6, 6.07) is 0.530. The molecule has 1 saturated heterocycles. The Hall–Kier alpha value is -0.610. The molecule has 2 atom stereocenters. The first kappa shape index (κ1) is 17.4. The highest BCUT2D eigenvalue weighted by Crippen LogP contribution is 2.26. The second-order valence-electron chi connectivity index (χ2n) is 7.15. The molecule has 1 heterocycles. The van der Waals surface area contributed by atoms with Gasteiger partial charge >= 0.3 is 0 Å². The average molecular weight is 283 g/mol. The Morgan fingerprint density at radius 3 is 2.40 bits per heavy atom. The average Bonchev–Trinajstić information content (AvgIpc) is 2.85. The zero-order valence-corrected chi connectivity index (χ0v) is 14.0. The number of nitrogens with zero attached hydrogens (tertiary/aromatic N) is 2. The van der Waals surface area contributed by atoms with Crippen molar-refractivity contribution in [2.45, 2.75) is 53.5 Å². The largest absolute Gasteiger partial charge is 0.341 e. The Balaban J connectivity index is 2.60. The number of hydrogen-bond acceptors (Lipinski definition) is 3. The molecule has 0 radical (unpaired) electrons. The lowest BCUT2D eigenvalue weighted by Crippen LogP contribution is -2.42. The van der Waals surface area contributed by atoms with Gasteiger partial charge in [-0.05, 0) is 31.3 Å². The summed E-state index contributed by atoms with van der Waals surface area (Å²) in [5.41, 5.74) is 5.99. The molecule has 1 rings (SSSR count). The maximum absolute atomic E-state index is 12.6. The summed E-state index contributed by atoms with van der Waals surface area (Å²) in [4.78, 5) is 17.1. The lowest BCUT2D eigenvalue weighted by atomic mass is 9.84. The molecule has 20 heavy (non-hydrogen) atoms. The summed E-state index contributed by atoms with van der Waals surface area (Å²) < 4.78 is 0. The van der Waals surface area contributed by atoms with Gasteiger partial charge in [-0.15, -0.1) is 0 Å². The van der Waals surface area contributed by atoms with Crippen molar-refractivity contribution in [3.05, 3.63) is 0 Å². The molecule has 1 fully saturated rings. The van der Waals surface area contributed by atoms with Gasteiger partial charge in [-0.3, -0.25) is 9.69 Å². The van der Waals surface area contributed by atoms with Crippen LogP contribution < -0.4 is 5.73 Å². The molecule has 118 valence electrons. The topological polar surface area (TPSA) is 49.6 Å². The van der Waals surface area contributed by atoms with Crippen molar-refractivity contribution in [2.24, 2.45) is 17.1 Å². The minimum Gasteiger partial charge on any atom is -0.341 e. The van der Waals surface area contributed by atoms with Crippen LogP contribution in [0, 0.1) is 11.3 Å². The number of nitrogens with two attached hydrogens (primary N) is 1. The van der Waals surface area contributed by atoms with Gasteiger partial charge in [-0.25, -0.2) is 0 Å². The van der Waals surface area contributed by atoms with E-state index in [-0.39, 0.29) is 17.2 Å². The van der Waals surface area contributed by atoms with Crippen molar-refractivity contribution in [1.82, 2.24) is 9.80 Å².